The third kappa shape index (κ3) is 6.76. The third-order valence-corrected chi connectivity index (χ3v) is 4.61. The second-order valence-corrected chi connectivity index (χ2v) is 6.68. The number of amides is 1. The Bertz CT molecular complexity index is 738. The molecule has 0 aliphatic heterocycles. The Balaban J connectivity index is 1.78. The lowest BCUT2D eigenvalue weighted by molar-refractivity contribution is -0.150. The summed E-state index contributed by atoms with van der Waals surface area (Å²) in [5.41, 5.74) is 2.15. The lowest BCUT2D eigenvalue weighted by Crippen LogP contribution is -2.36. The first-order valence-corrected chi connectivity index (χ1v) is 9.60. The van der Waals surface area contributed by atoms with E-state index in [1.807, 2.05) is 0 Å². The molecule has 1 aromatic carbocycles. The van der Waals surface area contributed by atoms with E-state index in [4.69, 9.17) is 14.2 Å². The van der Waals surface area contributed by atoms with Gasteiger partial charge in [-0.15, -0.1) is 0 Å². The van der Waals surface area contributed by atoms with Gasteiger partial charge in [-0.2, -0.15) is 0 Å². The fourth-order valence-corrected chi connectivity index (χ4v) is 3.01. The molecule has 1 aromatic rings. The second-order valence-electron chi connectivity index (χ2n) is 6.68. The van der Waals surface area contributed by atoms with Gasteiger partial charge in [0.2, 0.25) is 0 Å². The molecule has 0 spiro atoms. The molecule has 1 atom stereocenters. The molecule has 1 aliphatic carbocycles. The highest BCUT2D eigenvalue weighted by Gasteiger charge is 2.16. The van der Waals surface area contributed by atoms with Crippen LogP contribution in [-0.4, -0.2) is 38.7 Å². The van der Waals surface area contributed by atoms with Crippen molar-refractivity contribution in [3.63, 3.8) is 0 Å². The Hall–Kier alpha value is -2.76. The van der Waals surface area contributed by atoms with Crippen molar-refractivity contribution in [1.29, 1.82) is 0 Å². The van der Waals surface area contributed by atoms with E-state index in [2.05, 4.69) is 11.4 Å². The summed E-state index contributed by atoms with van der Waals surface area (Å²) in [5.74, 6) is 0.312. The first-order valence-electron chi connectivity index (χ1n) is 9.60. The lowest BCUT2D eigenvalue weighted by atomic mass is 9.97. The van der Waals surface area contributed by atoms with Gasteiger partial charge in [-0.1, -0.05) is 17.7 Å². The van der Waals surface area contributed by atoms with Gasteiger partial charge < -0.3 is 19.5 Å². The Labute approximate surface area is 166 Å². The zero-order valence-corrected chi connectivity index (χ0v) is 16.8. The molecule has 0 aromatic heterocycles. The number of ether oxygens (including phenoxy) is 3. The summed E-state index contributed by atoms with van der Waals surface area (Å²) in [4.78, 5) is 24.1. The summed E-state index contributed by atoms with van der Waals surface area (Å²) in [6, 6.07) is 5.29. The molecule has 1 aliphatic rings. The van der Waals surface area contributed by atoms with Crippen molar-refractivity contribution in [3.05, 3.63) is 41.5 Å². The zero-order chi connectivity index (χ0) is 20.4. The molecule has 0 fully saturated rings. The molecule has 0 radical (unpaired) electrons. The molecule has 0 saturated heterocycles. The molecule has 6 nitrogen and oxygen atoms in total. The Kier molecular flexibility index (Phi) is 8.59. The number of carbonyl (C=O) groups excluding carboxylic acids is 2. The van der Waals surface area contributed by atoms with E-state index in [0.717, 1.165) is 24.8 Å². The quantitative estimate of drug-likeness (QED) is 0.398. The maximum atomic E-state index is 12.1. The van der Waals surface area contributed by atoms with Gasteiger partial charge in [-0.05, 0) is 62.8 Å². The third-order valence-electron chi connectivity index (χ3n) is 4.61. The highest BCUT2D eigenvalue weighted by molar-refractivity contribution is 5.90. The van der Waals surface area contributed by atoms with Gasteiger partial charge in [0.05, 0.1) is 14.2 Å². The van der Waals surface area contributed by atoms with E-state index in [1.165, 1.54) is 24.5 Å². The Morgan fingerprint density at radius 1 is 1.18 bits per heavy atom. The van der Waals surface area contributed by atoms with Crippen LogP contribution in [0, 0.1) is 0 Å². The Morgan fingerprint density at radius 2 is 1.96 bits per heavy atom. The van der Waals surface area contributed by atoms with E-state index in [0.29, 0.717) is 18.0 Å². The number of benzene rings is 1. The topological polar surface area (TPSA) is 73.9 Å². The predicted octanol–water partition coefficient (Wildman–Crippen LogP) is 3.66. The van der Waals surface area contributed by atoms with E-state index in [1.54, 1.807) is 45.4 Å². The van der Waals surface area contributed by atoms with Crippen LogP contribution in [-0.2, 0) is 14.3 Å². The largest absolute Gasteiger partial charge is 0.493 e. The number of carbonyl (C=O) groups is 2. The van der Waals surface area contributed by atoms with Gasteiger partial charge in [0.25, 0.3) is 5.91 Å². The number of hydrogen-bond donors (Lipinski definition) is 1. The minimum absolute atomic E-state index is 0.288. The van der Waals surface area contributed by atoms with Crippen LogP contribution in [0.2, 0.25) is 0 Å². The van der Waals surface area contributed by atoms with Gasteiger partial charge in [-0.3, -0.25) is 4.79 Å². The molecule has 152 valence electrons. The van der Waals surface area contributed by atoms with Crippen molar-refractivity contribution >= 4 is 18.0 Å². The van der Waals surface area contributed by atoms with Gasteiger partial charge in [-0.25, -0.2) is 4.79 Å². The minimum atomic E-state index is -0.845. The number of esters is 1. The van der Waals surface area contributed by atoms with Crippen molar-refractivity contribution in [3.8, 4) is 11.5 Å². The second kappa shape index (κ2) is 11.2. The maximum absolute atomic E-state index is 12.1. The SMILES string of the molecule is COc1ccc(/C=C/C(=O)O[C@H](C)C(=O)NCCC2=CCCCC2)cc1OC. The zero-order valence-electron chi connectivity index (χ0n) is 16.8. The first kappa shape index (κ1) is 21.5. The first-order chi connectivity index (χ1) is 13.5. The number of rotatable bonds is 9. The summed E-state index contributed by atoms with van der Waals surface area (Å²) < 4.78 is 15.6. The van der Waals surface area contributed by atoms with Crippen LogP contribution in [0.15, 0.2) is 35.9 Å². The monoisotopic (exact) mass is 387 g/mol. The molecule has 0 heterocycles. The van der Waals surface area contributed by atoms with Crippen LogP contribution in [0.5, 0.6) is 11.5 Å². The van der Waals surface area contributed by atoms with Crippen molar-refractivity contribution < 1.29 is 23.8 Å². The highest BCUT2D eigenvalue weighted by Crippen LogP contribution is 2.28. The highest BCUT2D eigenvalue weighted by atomic mass is 16.5. The molecule has 6 heteroatoms. The van der Waals surface area contributed by atoms with Crippen LogP contribution in [0.1, 0.15) is 44.6 Å². The molecule has 1 amide bonds. The number of hydrogen-bond acceptors (Lipinski definition) is 5. The average molecular weight is 387 g/mol. The molecular formula is C22H29NO5. The standard InChI is InChI=1S/C22H29NO5/c1-16(22(25)23-14-13-17-7-5-4-6-8-17)28-21(24)12-10-18-9-11-19(26-2)20(15-18)27-3/h7,9-12,15-16H,4-6,8,13-14H2,1-3H3,(H,23,25)/b12-10+/t16-/m1/s1. The normalized spacial score (nSPS) is 14.9. The molecule has 28 heavy (non-hydrogen) atoms. The van der Waals surface area contributed by atoms with Gasteiger partial charge in [0.15, 0.2) is 17.6 Å². The fraction of sp³-hybridized carbons (Fsp3) is 0.455. The van der Waals surface area contributed by atoms with Crippen LogP contribution in [0.3, 0.4) is 0 Å². The van der Waals surface area contributed by atoms with Crippen molar-refractivity contribution in [1.82, 2.24) is 5.32 Å². The predicted molar refractivity (Wildman–Crippen MR) is 108 cm³/mol. The van der Waals surface area contributed by atoms with E-state index in [-0.39, 0.29) is 5.91 Å². The molecule has 0 unspecified atom stereocenters. The molecule has 0 bridgehead atoms. The van der Waals surface area contributed by atoms with E-state index in [9.17, 15) is 9.59 Å². The van der Waals surface area contributed by atoms with Crippen molar-refractivity contribution in [2.75, 3.05) is 20.8 Å². The molecule has 1 N–H and O–H groups in total. The van der Waals surface area contributed by atoms with Gasteiger partial charge >= 0.3 is 5.97 Å². The van der Waals surface area contributed by atoms with Gasteiger partial charge in [0, 0.05) is 12.6 Å². The molecule has 0 saturated carbocycles. The number of methoxy groups -OCH3 is 2. The smallest absolute Gasteiger partial charge is 0.331 e. The number of nitrogens with one attached hydrogen (secondary N) is 1. The van der Waals surface area contributed by atoms with Crippen molar-refractivity contribution in [2.24, 2.45) is 0 Å². The van der Waals surface area contributed by atoms with Gasteiger partial charge in [0.1, 0.15) is 0 Å². The van der Waals surface area contributed by atoms with Crippen LogP contribution in [0.25, 0.3) is 6.08 Å². The number of allylic oxidation sites excluding steroid dienone is 1. The van der Waals surface area contributed by atoms with Crippen molar-refractivity contribution in [2.45, 2.75) is 45.1 Å². The summed E-state index contributed by atoms with van der Waals surface area (Å²) in [6.45, 7) is 2.13. The van der Waals surface area contributed by atoms with Crippen LogP contribution >= 0.6 is 0 Å². The summed E-state index contributed by atoms with van der Waals surface area (Å²) in [6.07, 6.45) is 9.87. The maximum Gasteiger partial charge on any atom is 0.331 e. The summed E-state index contributed by atoms with van der Waals surface area (Å²) >= 11 is 0. The summed E-state index contributed by atoms with van der Waals surface area (Å²) in [7, 11) is 3.11. The van der Waals surface area contributed by atoms with E-state index < -0.39 is 12.1 Å². The lowest BCUT2D eigenvalue weighted by Gasteiger charge is -2.15. The van der Waals surface area contributed by atoms with E-state index >= 15 is 0 Å². The molecule has 2 rings (SSSR count). The molecular weight excluding hydrogens is 358 g/mol. The summed E-state index contributed by atoms with van der Waals surface area (Å²) in [5, 5.41) is 2.83. The van der Waals surface area contributed by atoms with Crippen LogP contribution < -0.4 is 14.8 Å². The average Bonchev–Trinajstić information content (AvgIpc) is 2.72. The Morgan fingerprint density at radius 3 is 2.64 bits per heavy atom. The van der Waals surface area contributed by atoms with Crippen LogP contribution in [0.4, 0.5) is 0 Å². The fourth-order valence-electron chi connectivity index (χ4n) is 3.01. The minimum Gasteiger partial charge on any atom is -0.493 e.